The highest BCUT2D eigenvalue weighted by Crippen LogP contribution is 2.28. The highest BCUT2D eigenvalue weighted by Gasteiger charge is 2.24. The monoisotopic (exact) mass is 223 g/mol. The van der Waals surface area contributed by atoms with Gasteiger partial charge in [-0.3, -0.25) is 0 Å². The van der Waals surface area contributed by atoms with E-state index in [-0.39, 0.29) is 0 Å². The first-order valence-corrected chi connectivity index (χ1v) is 6.71. The average molecular weight is 223 g/mol. The lowest BCUT2D eigenvalue weighted by molar-refractivity contribution is 0.402. The molecule has 3 rings (SSSR count). The van der Waals surface area contributed by atoms with Gasteiger partial charge in [-0.2, -0.15) is 0 Å². The smallest absolute Gasteiger partial charge is 0.0985 e. The normalized spacial score (nSPS) is 27.6. The molecule has 3 nitrogen and oxygen atoms in total. The third-order valence-corrected chi connectivity index (χ3v) is 4.36. The van der Waals surface area contributed by atoms with Crippen molar-refractivity contribution in [3.63, 3.8) is 0 Å². The minimum absolute atomic E-state index is 0.525. The number of hydrogen-bond acceptors (Lipinski definition) is 4. The standard InChI is InChI=1S/C11H17N3S/c1-2-4-13-9(3-1)10-7-15-11(14-10)8-5-12-6-8/h7-9,12-13H,1-6H2. The molecule has 1 aromatic rings. The Labute approximate surface area is 94.3 Å². The lowest BCUT2D eigenvalue weighted by Crippen LogP contribution is -2.39. The van der Waals surface area contributed by atoms with Crippen LogP contribution in [0.15, 0.2) is 5.38 Å². The number of hydrogen-bond donors (Lipinski definition) is 2. The maximum absolute atomic E-state index is 4.77. The van der Waals surface area contributed by atoms with E-state index < -0.39 is 0 Å². The van der Waals surface area contributed by atoms with Crippen molar-refractivity contribution >= 4 is 11.3 Å². The van der Waals surface area contributed by atoms with E-state index >= 15 is 0 Å². The molecule has 3 heterocycles. The Kier molecular flexibility index (Phi) is 2.73. The molecule has 2 aliphatic heterocycles. The molecule has 2 saturated heterocycles. The van der Waals surface area contributed by atoms with E-state index in [4.69, 9.17) is 4.98 Å². The quantitative estimate of drug-likeness (QED) is 0.800. The molecule has 1 atom stereocenters. The second-order valence-corrected chi connectivity index (χ2v) is 5.36. The fourth-order valence-corrected chi connectivity index (χ4v) is 3.19. The summed E-state index contributed by atoms with van der Waals surface area (Å²) in [5, 5.41) is 10.4. The van der Waals surface area contributed by atoms with Gasteiger partial charge in [-0.25, -0.2) is 4.98 Å². The van der Waals surface area contributed by atoms with Gasteiger partial charge in [0, 0.05) is 24.4 Å². The number of nitrogens with one attached hydrogen (secondary N) is 2. The van der Waals surface area contributed by atoms with Gasteiger partial charge in [-0.1, -0.05) is 6.42 Å². The zero-order valence-corrected chi connectivity index (χ0v) is 9.65. The van der Waals surface area contributed by atoms with Crippen LogP contribution in [0, 0.1) is 0 Å². The lowest BCUT2D eigenvalue weighted by Gasteiger charge is -2.25. The maximum atomic E-state index is 4.77. The van der Waals surface area contributed by atoms with Crippen molar-refractivity contribution in [2.24, 2.45) is 0 Å². The Morgan fingerprint density at radius 3 is 2.93 bits per heavy atom. The molecule has 0 saturated carbocycles. The first-order valence-electron chi connectivity index (χ1n) is 5.83. The number of nitrogens with zero attached hydrogens (tertiary/aromatic N) is 1. The van der Waals surface area contributed by atoms with Crippen LogP contribution in [0.5, 0.6) is 0 Å². The molecule has 0 aromatic carbocycles. The van der Waals surface area contributed by atoms with Gasteiger partial charge < -0.3 is 10.6 Å². The summed E-state index contributed by atoms with van der Waals surface area (Å²) in [7, 11) is 0. The van der Waals surface area contributed by atoms with Crippen LogP contribution >= 0.6 is 11.3 Å². The SMILES string of the molecule is c1sc(C2CNC2)nc1C1CCCCN1. The number of rotatable bonds is 2. The summed E-state index contributed by atoms with van der Waals surface area (Å²) in [5.74, 6) is 0.687. The van der Waals surface area contributed by atoms with E-state index in [2.05, 4.69) is 16.0 Å². The summed E-state index contributed by atoms with van der Waals surface area (Å²) in [6.07, 6.45) is 3.92. The number of piperidine rings is 1. The molecule has 2 aliphatic rings. The van der Waals surface area contributed by atoms with Gasteiger partial charge in [-0.15, -0.1) is 11.3 Å². The average Bonchev–Trinajstić information content (AvgIpc) is 2.66. The van der Waals surface area contributed by atoms with Crippen molar-refractivity contribution < 1.29 is 0 Å². The maximum Gasteiger partial charge on any atom is 0.0985 e. The van der Waals surface area contributed by atoms with Crippen LogP contribution in [-0.2, 0) is 0 Å². The molecule has 0 bridgehead atoms. The molecule has 15 heavy (non-hydrogen) atoms. The molecular weight excluding hydrogens is 206 g/mol. The second-order valence-electron chi connectivity index (χ2n) is 4.47. The van der Waals surface area contributed by atoms with Crippen molar-refractivity contribution in [1.29, 1.82) is 0 Å². The van der Waals surface area contributed by atoms with Crippen LogP contribution in [0.2, 0.25) is 0 Å². The van der Waals surface area contributed by atoms with Gasteiger partial charge >= 0.3 is 0 Å². The Morgan fingerprint density at radius 2 is 2.27 bits per heavy atom. The van der Waals surface area contributed by atoms with E-state index in [0.29, 0.717) is 12.0 Å². The van der Waals surface area contributed by atoms with Gasteiger partial charge in [0.25, 0.3) is 0 Å². The van der Waals surface area contributed by atoms with E-state index in [1.165, 1.54) is 30.0 Å². The van der Waals surface area contributed by atoms with Crippen LogP contribution in [0.3, 0.4) is 0 Å². The molecule has 1 unspecified atom stereocenters. The summed E-state index contributed by atoms with van der Waals surface area (Å²) < 4.78 is 0. The molecule has 0 amide bonds. The molecule has 82 valence electrons. The van der Waals surface area contributed by atoms with E-state index in [0.717, 1.165) is 19.6 Å². The number of thiazole rings is 1. The third-order valence-electron chi connectivity index (χ3n) is 3.34. The highest BCUT2D eigenvalue weighted by molar-refractivity contribution is 7.09. The minimum Gasteiger partial charge on any atom is -0.315 e. The topological polar surface area (TPSA) is 37.0 Å². The fourth-order valence-electron chi connectivity index (χ4n) is 2.22. The first kappa shape index (κ1) is 9.75. The van der Waals surface area contributed by atoms with Crippen molar-refractivity contribution in [2.75, 3.05) is 19.6 Å². The van der Waals surface area contributed by atoms with Crippen LogP contribution in [0.1, 0.15) is 41.9 Å². The summed E-state index contributed by atoms with van der Waals surface area (Å²) in [6, 6.07) is 0.525. The van der Waals surface area contributed by atoms with E-state index in [1.807, 2.05) is 11.3 Å². The third kappa shape index (κ3) is 1.94. The molecular formula is C11H17N3S. The van der Waals surface area contributed by atoms with Crippen LogP contribution in [-0.4, -0.2) is 24.6 Å². The van der Waals surface area contributed by atoms with Gasteiger partial charge in [0.15, 0.2) is 0 Å². The summed E-state index contributed by atoms with van der Waals surface area (Å²) in [4.78, 5) is 4.77. The Balaban J connectivity index is 1.71. The molecule has 4 heteroatoms. The summed E-state index contributed by atoms with van der Waals surface area (Å²) in [6.45, 7) is 3.39. The summed E-state index contributed by atoms with van der Waals surface area (Å²) >= 11 is 1.84. The van der Waals surface area contributed by atoms with Gasteiger partial charge in [0.2, 0.25) is 0 Å². The first-order chi connectivity index (χ1) is 7.43. The van der Waals surface area contributed by atoms with Gasteiger partial charge in [0.1, 0.15) is 0 Å². The second kappa shape index (κ2) is 4.20. The van der Waals surface area contributed by atoms with Crippen LogP contribution in [0.4, 0.5) is 0 Å². The molecule has 0 aliphatic carbocycles. The summed E-state index contributed by atoms with van der Waals surface area (Å²) in [5.41, 5.74) is 1.28. The fraction of sp³-hybridized carbons (Fsp3) is 0.727. The molecule has 2 N–H and O–H groups in total. The predicted octanol–water partition coefficient (Wildman–Crippen LogP) is 1.64. The Hall–Kier alpha value is -0.450. The van der Waals surface area contributed by atoms with Crippen molar-refractivity contribution in [1.82, 2.24) is 15.6 Å². The largest absolute Gasteiger partial charge is 0.315 e. The van der Waals surface area contributed by atoms with Crippen molar-refractivity contribution in [2.45, 2.75) is 31.2 Å². The van der Waals surface area contributed by atoms with Crippen molar-refractivity contribution in [3.8, 4) is 0 Å². The molecule has 0 spiro atoms. The Bertz CT molecular complexity index is 326. The minimum atomic E-state index is 0.525. The van der Waals surface area contributed by atoms with Crippen molar-refractivity contribution in [3.05, 3.63) is 16.1 Å². The van der Waals surface area contributed by atoms with Crippen LogP contribution < -0.4 is 10.6 Å². The zero-order valence-electron chi connectivity index (χ0n) is 8.83. The predicted molar refractivity (Wildman–Crippen MR) is 62.3 cm³/mol. The van der Waals surface area contributed by atoms with E-state index in [9.17, 15) is 0 Å². The Morgan fingerprint density at radius 1 is 1.33 bits per heavy atom. The van der Waals surface area contributed by atoms with Crippen LogP contribution in [0.25, 0.3) is 0 Å². The lowest BCUT2D eigenvalue weighted by atomic mass is 10.0. The van der Waals surface area contributed by atoms with E-state index in [1.54, 1.807) is 0 Å². The van der Waals surface area contributed by atoms with Gasteiger partial charge in [-0.05, 0) is 19.4 Å². The molecule has 0 radical (unpaired) electrons. The number of aromatic nitrogens is 1. The molecule has 2 fully saturated rings. The van der Waals surface area contributed by atoms with Gasteiger partial charge in [0.05, 0.1) is 16.7 Å². The zero-order chi connectivity index (χ0) is 10.1. The molecule has 1 aromatic heterocycles. The highest BCUT2D eigenvalue weighted by atomic mass is 32.1.